The van der Waals surface area contributed by atoms with Gasteiger partial charge in [0, 0.05) is 45.4 Å². The Morgan fingerprint density at radius 3 is 2.74 bits per heavy atom. The molecule has 23 heavy (non-hydrogen) atoms. The average molecular weight is 440 g/mol. The number of aliphatic imine (C=N–C) groups is 1. The second-order valence-electron chi connectivity index (χ2n) is 6.34. The van der Waals surface area contributed by atoms with Gasteiger partial charge >= 0.3 is 0 Å². The van der Waals surface area contributed by atoms with Gasteiger partial charge in [0.05, 0.1) is 12.7 Å². The van der Waals surface area contributed by atoms with E-state index >= 15 is 0 Å². The molecule has 136 valence electrons. The van der Waals surface area contributed by atoms with Crippen molar-refractivity contribution in [2.24, 2.45) is 4.99 Å². The zero-order valence-corrected chi connectivity index (χ0v) is 17.0. The van der Waals surface area contributed by atoms with Crippen LogP contribution in [-0.2, 0) is 9.47 Å². The first kappa shape index (κ1) is 20.9. The lowest BCUT2D eigenvalue weighted by Crippen LogP contribution is -2.45. The maximum Gasteiger partial charge on any atom is 0.191 e. The van der Waals surface area contributed by atoms with E-state index in [0.717, 1.165) is 57.8 Å². The molecule has 2 rings (SSSR count). The van der Waals surface area contributed by atoms with Crippen molar-refractivity contribution in [1.82, 2.24) is 15.5 Å². The minimum absolute atomic E-state index is 0. The molecule has 2 fully saturated rings. The minimum Gasteiger partial charge on any atom is -0.379 e. The predicted molar refractivity (Wildman–Crippen MR) is 105 cm³/mol. The number of halogens is 1. The van der Waals surface area contributed by atoms with Crippen LogP contribution in [0.2, 0.25) is 0 Å². The van der Waals surface area contributed by atoms with Crippen molar-refractivity contribution in [1.29, 1.82) is 0 Å². The van der Waals surface area contributed by atoms with Crippen LogP contribution in [0.4, 0.5) is 0 Å². The van der Waals surface area contributed by atoms with Crippen LogP contribution in [0, 0.1) is 0 Å². The highest BCUT2D eigenvalue weighted by atomic mass is 127. The van der Waals surface area contributed by atoms with Crippen LogP contribution >= 0.6 is 24.0 Å². The summed E-state index contributed by atoms with van der Waals surface area (Å²) in [6.07, 6.45) is 5.01. The lowest BCUT2D eigenvalue weighted by molar-refractivity contribution is 0.0420. The van der Waals surface area contributed by atoms with Crippen molar-refractivity contribution in [2.75, 3.05) is 47.0 Å². The second-order valence-corrected chi connectivity index (χ2v) is 6.34. The molecule has 0 aromatic heterocycles. The average Bonchev–Trinajstić information content (AvgIpc) is 3.25. The number of ether oxygens (including phenoxy) is 2. The Hall–Kier alpha value is -0.120. The van der Waals surface area contributed by atoms with Crippen molar-refractivity contribution in [3.05, 3.63) is 0 Å². The molecule has 0 aromatic rings. The molecule has 0 spiro atoms. The van der Waals surface area contributed by atoms with Gasteiger partial charge in [-0.2, -0.15) is 0 Å². The SMILES string of the molecule is CN=C(NCCCOC1CCOC1)NCC(C)N(C)C1CC1.I. The normalized spacial score (nSPS) is 22.8. The summed E-state index contributed by atoms with van der Waals surface area (Å²) in [6, 6.07) is 1.32. The van der Waals surface area contributed by atoms with Crippen LogP contribution in [0.15, 0.2) is 4.99 Å². The molecular weight excluding hydrogens is 407 g/mol. The van der Waals surface area contributed by atoms with Gasteiger partial charge in [-0.05, 0) is 39.7 Å². The number of likely N-dealkylation sites (N-methyl/N-ethyl adjacent to an activating group) is 1. The maximum absolute atomic E-state index is 5.75. The first-order valence-electron chi connectivity index (χ1n) is 8.56. The van der Waals surface area contributed by atoms with Crippen molar-refractivity contribution in [2.45, 2.75) is 50.8 Å². The van der Waals surface area contributed by atoms with Crippen molar-refractivity contribution in [3.8, 4) is 0 Å². The fourth-order valence-electron chi connectivity index (χ4n) is 2.62. The van der Waals surface area contributed by atoms with Gasteiger partial charge in [0.15, 0.2) is 5.96 Å². The first-order valence-corrected chi connectivity index (χ1v) is 8.56. The molecule has 0 aromatic carbocycles. The smallest absolute Gasteiger partial charge is 0.191 e. The second kappa shape index (κ2) is 11.4. The van der Waals surface area contributed by atoms with E-state index in [2.05, 4.69) is 34.5 Å². The van der Waals surface area contributed by atoms with E-state index in [1.165, 1.54) is 12.8 Å². The summed E-state index contributed by atoms with van der Waals surface area (Å²) in [5.74, 6) is 0.875. The topological polar surface area (TPSA) is 58.1 Å². The van der Waals surface area contributed by atoms with Gasteiger partial charge in [-0.3, -0.25) is 9.89 Å². The van der Waals surface area contributed by atoms with E-state index in [1.54, 1.807) is 0 Å². The number of rotatable bonds is 9. The molecule has 0 amide bonds. The van der Waals surface area contributed by atoms with E-state index in [9.17, 15) is 0 Å². The first-order chi connectivity index (χ1) is 10.7. The molecule has 0 radical (unpaired) electrons. The zero-order valence-electron chi connectivity index (χ0n) is 14.7. The molecule has 7 heteroatoms. The summed E-state index contributed by atoms with van der Waals surface area (Å²) in [6.45, 7) is 6.42. The van der Waals surface area contributed by atoms with Crippen LogP contribution in [0.1, 0.15) is 32.6 Å². The summed E-state index contributed by atoms with van der Waals surface area (Å²) < 4.78 is 11.0. The lowest BCUT2D eigenvalue weighted by Gasteiger charge is -2.25. The predicted octanol–water partition coefficient (Wildman–Crippen LogP) is 1.45. The van der Waals surface area contributed by atoms with Gasteiger partial charge in [0.1, 0.15) is 0 Å². The largest absolute Gasteiger partial charge is 0.379 e. The third-order valence-electron chi connectivity index (χ3n) is 4.46. The fourth-order valence-corrected chi connectivity index (χ4v) is 2.62. The molecule has 1 aliphatic carbocycles. The van der Waals surface area contributed by atoms with Crippen LogP contribution < -0.4 is 10.6 Å². The lowest BCUT2D eigenvalue weighted by atomic mass is 10.3. The molecule has 6 nitrogen and oxygen atoms in total. The summed E-state index contributed by atoms with van der Waals surface area (Å²) >= 11 is 0. The van der Waals surface area contributed by atoms with Crippen LogP contribution in [0.5, 0.6) is 0 Å². The maximum atomic E-state index is 5.75. The molecule has 0 bridgehead atoms. The Morgan fingerprint density at radius 2 is 2.13 bits per heavy atom. The van der Waals surface area contributed by atoms with Gasteiger partial charge in [0.2, 0.25) is 0 Å². The molecule has 1 saturated carbocycles. The highest BCUT2D eigenvalue weighted by Crippen LogP contribution is 2.26. The number of nitrogens with one attached hydrogen (secondary N) is 2. The number of nitrogens with zero attached hydrogens (tertiary/aromatic N) is 2. The fraction of sp³-hybridized carbons (Fsp3) is 0.938. The van der Waals surface area contributed by atoms with E-state index in [1.807, 2.05) is 7.05 Å². The third kappa shape index (κ3) is 8.00. The zero-order chi connectivity index (χ0) is 15.8. The van der Waals surface area contributed by atoms with E-state index in [0.29, 0.717) is 12.1 Å². The Balaban J connectivity index is 0.00000264. The monoisotopic (exact) mass is 440 g/mol. The van der Waals surface area contributed by atoms with Crippen LogP contribution in [-0.4, -0.2) is 76.1 Å². The Labute approximate surface area is 157 Å². The molecule has 2 atom stereocenters. The van der Waals surface area contributed by atoms with Gasteiger partial charge in [-0.15, -0.1) is 24.0 Å². The van der Waals surface area contributed by atoms with E-state index < -0.39 is 0 Å². The minimum atomic E-state index is 0. The van der Waals surface area contributed by atoms with Crippen molar-refractivity contribution in [3.63, 3.8) is 0 Å². The molecular formula is C16H33IN4O2. The number of hydrogen-bond acceptors (Lipinski definition) is 4. The standard InChI is InChI=1S/C16H32N4O2.HI/c1-13(20(3)14-5-6-14)11-19-16(17-2)18-8-4-9-22-15-7-10-21-12-15;/h13-15H,4-12H2,1-3H3,(H2,17,18,19);1H. The quantitative estimate of drug-likeness (QED) is 0.246. The van der Waals surface area contributed by atoms with Gasteiger partial charge in [-0.25, -0.2) is 0 Å². The van der Waals surface area contributed by atoms with Gasteiger partial charge in [-0.1, -0.05) is 0 Å². The molecule has 1 aliphatic heterocycles. The van der Waals surface area contributed by atoms with Crippen molar-refractivity contribution >= 4 is 29.9 Å². The Morgan fingerprint density at radius 1 is 1.35 bits per heavy atom. The molecule has 2 unspecified atom stereocenters. The highest BCUT2D eigenvalue weighted by Gasteiger charge is 2.28. The summed E-state index contributed by atoms with van der Waals surface area (Å²) in [7, 11) is 4.03. The van der Waals surface area contributed by atoms with E-state index in [-0.39, 0.29) is 24.0 Å². The summed E-state index contributed by atoms with van der Waals surface area (Å²) in [4.78, 5) is 6.73. The number of hydrogen-bond donors (Lipinski definition) is 2. The molecule has 1 heterocycles. The summed E-state index contributed by atoms with van der Waals surface area (Å²) in [5.41, 5.74) is 0. The molecule has 2 aliphatic rings. The number of guanidine groups is 1. The van der Waals surface area contributed by atoms with Crippen LogP contribution in [0.3, 0.4) is 0 Å². The van der Waals surface area contributed by atoms with Gasteiger partial charge in [0.25, 0.3) is 0 Å². The molecule has 2 N–H and O–H groups in total. The van der Waals surface area contributed by atoms with E-state index in [4.69, 9.17) is 9.47 Å². The van der Waals surface area contributed by atoms with Gasteiger partial charge < -0.3 is 20.1 Å². The van der Waals surface area contributed by atoms with Crippen molar-refractivity contribution < 1.29 is 9.47 Å². The Bertz CT molecular complexity index is 347. The van der Waals surface area contributed by atoms with Crippen LogP contribution in [0.25, 0.3) is 0 Å². The Kier molecular flexibility index (Phi) is 10.4. The third-order valence-corrected chi connectivity index (χ3v) is 4.46. The summed E-state index contributed by atoms with van der Waals surface area (Å²) in [5, 5.41) is 6.74. The highest BCUT2D eigenvalue weighted by molar-refractivity contribution is 14.0. The molecule has 1 saturated heterocycles.